The van der Waals surface area contributed by atoms with Gasteiger partial charge in [0.2, 0.25) is 0 Å². The molecule has 0 bridgehead atoms. The van der Waals surface area contributed by atoms with E-state index < -0.39 is 8.15 Å². The van der Waals surface area contributed by atoms with Crippen LogP contribution in [-0.2, 0) is 4.52 Å². The molecule has 0 heterocycles. The Bertz CT molecular complexity index is 233. The van der Waals surface area contributed by atoms with Crippen molar-refractivity contribution in [2.45, 2.75) is 26.9 Å². The first kappa shape index (κ1) is 10.7. The van der Waals surface area contributed by atoms with Crippen LogP contribution in [0.3, 0.4) is 0 Å². The molecule has 0 unspecified atom stereocenters. The van der Waals surface area contributed by atoms with E-state index in [2.05, 4.69) is 45.0 Å². The predicted molar refractivity (Wildman–Crippen MR) is 59.8 cm³/mol. The molecule has 0 saturated heterocycles. The molecule has 1 aromatic carbocycles. The van der Waals surface area contributed by atoms with Crippen molar-refractivity contribution >= 4 is 13.5 Å². The molecule has 0 N–H and O–H groups in total. The minimum Gasteiger partial charge on any atom is -0.352 e. The fourth-order valence-electron chi connectivity index (χ4n) is 1.17. The van der Waals surface area contributed by atoms with Gasteiger partial charge in [0.05, 0.1) is 14.3 Å². The fourth-order valence-corrected chi connectivity index (χ4v) is 2.82. The Morgan fingerprint density at radius 1 is 1.23 bits per heavy atom. The average molecular weight is 196 g/mol. The zero-order chi connectivity index (χ0) is 9.68. The lowest BCUT2D eigenvalue weighted by molar-refractivity contribution is 0.274. The highest BCUT2D eigenvalue weighted by Crippen LogP contribution is 2.36. The molecule has 0 saturated carbocycles. The molecule has 0 amide bonds. The maximum atomic E-state index is 5.85. The molecule has 72 valence electrons. The minimum absolute atomic E-state index is 0.325. The first-order valence-corrected chi connectivity index (χ1v) is 6.18. The highest BCUT2D eigenvalue weighted by Gasteiger charge is 2.10. The Labute approximate surface area is 82.0 Å². The summed E-state index contributed by atoms with van der Waals surface area (Å²) in [6, 6.07) is 10.5. The minimum atomic E-state index is -0.393. The maximum Gasteiger partial charge on any atom is 0.0604 e. The zero-order valence-corrected chi connectivity index (χ0v) is 9.42. The lowest BCUT2D eigenvalue weighted by Crippen LogP contribution is -2.08. The van der Waals surface area contributed by atoms with Gasteiger partial charge in [-0.1, -0.05) is 37.3 Å². The van der Waals surface area contributed by atoms with Crippen LogP contribution in [0.25, 0.3) is 0 Å². The van der Waals surface area contributed by atoms with Crippen LogP contribution < -0.4 is 5.30 Å². The van der Waals surface area contributed by atoms with Crippen molar-refractivity contribution in [1.29, 1.82) is 0 Å². The second-order valence-corrected chi connectivity index (χ2v) is 5.30. The van der Waals surface area contributed by atoms with Crippen LogP contribution in [0, 0.1) is 0 Å². The van der Waals surface area contributed by atoms with Gasteiger partial charge in [-0.05, 0) is 20.0 Å². The third kappa shape index (κ3) is 3.46. The molecule has 1 aromatic rings. The second kappa shape index (κ2) is 5.36. The highest BCUT2D eigenvalue weighted by molar-refractivity contribution is 7.60. The van der Waals surface area contributed by atoms with Crippen molar-refractivity contribution in [3.8, 4) is 0 Å². The molecule has 0 aliphatic carbocycles. The predicted octanol–water partition coefficient (Wildman–Crippen LogP) is 3.15. The Hall–Kier alpha value is -0.390. The average Bonchev–Trinajstić information content (AvgIpc) is 2.15. The van der Waals surface area contributed by atoms with E-state index in [1.807, 2.05) is 6.07 Å². The summed E-state index contributed by atoms with van der Waals surface area (Å²) in [5.74, 6) is 0. The topological polar surface area (TPSA) is 9.23 Å². The molecule has 0 aliphatic heterocycles. The van der Waals surface area contributed by atoms with E-state index in [1.54, 1.807) is 0 Å². The van der Waals surface area contributed by atoms with Crippen LogP contribution in [0.1, 0.15) is 20.8 Å². The van der Waals surface area contributed by atoms with Crippen molar-refractivity contribution in [2.75, 3.05) is 6.16 Å². The molecule has 13 heavy (non-hydrogen) atoms. The lowest BCUT2D eigenvalue weighted by atomic mass is 10.4. The summed E-state index contributed by atoms with van der Waals surface area (Å²) in [4.78, 5) is 0. The molecule has 0 aromatic heterocycles. The van der Waals surface area contributed by atoms with Gasteiger partial charge in [-0.25, -0.2) is 0 Å². The normalized spacial score (nSPS) is 13.2. The van der Waals surface area contributed by atoms with E-state index in [0.29, 0.717) is 6.10 Å². The summed E-state index contributed by atoms with van der Waals surface area (Å²) in [5, 5.41) is 1.34. The number of hydrogen-bond acceptors (Lipinski definition) is 1. The van der Waals surface area contributed by atoms with Crippen molar-refractivity contribution in [3.63, 3.8) is 0 Å². The van der Waals surface area contributed by atoms with Gasteiger partial charge in [0, 0.05) is 5.30 Å². The van der Waals surface area contributed by atoms with E-state index >= 15 is 0 Å². The van der Waals surface area contributed by atoms with Crippen LogP contribution in [0.2, 0.25) is 0 Å². The smallest absolute Gasteiger partial charge is 0.0604 e. The third-order valence-electron chi connectivity index (χ3n) is 1.67. The lowest BCUT2D eigenvalue weighted by Gasteiger charge is -2.18. The van der Waals surface area contributed by atoms with E-state index in [4.69, 9.17) is 4.52 Å². The zero-order valence-electron chi connectivity index (χ0n) is 8.53. The number of rotatable bonds is 4. The monoisotopic (exact) mass is 196 g/mol. The van der Waals surface area contributed by atoms with Crippen LogP contribution in [0.4, 0.5) is 0 Å². The van der Waals surface area contributed by atoms with E-state index in [1.165, 1.54) is 5.30 Å². The van der Waals surface area contributed by atoms with Crippen LogP contribution in [-0.4, -0.2) is 12.3 Å². The maximum absolute atomic E-state index is 5.85. The van der Waals surface area contributed by atoms with Gasteiger partial charge in [0.25, 0.3) is 0 Å². The third-order valence-corrected chi connectivity index (χ3v) is 3.79. The number of benzene rings is 1. The molecular formula is C11H17OP. The molecule has 1 rings (SSSR count). The summed E-state index contributed by atoms with van der Waals surface area (Å²) in [5.41, 5.74) is 0. The van der Waals surface area contributed by atoms with Crippen molar-refractivity contribution in [1.82, 2.24) is 0 Å². The second-order valence-electron chi connectivity index (χ2n) is 3.18. The number of hydrogen-bond donors (Lipinski definition) is 0. The molecule has 0 spiro atoms. The van der Waals surface area contributed by atoms with E-state index in [9.17, 15) is 0 Å². The molecule has 0 radical (unpaired) electrons. The van der Waals surface area contributed by atoms with Gasteiger partial charge in [-0.2, -0.15) is 0 Å². The summed E-state index contributed by atoms with van der Waals surface area (Å²) in [6.07, 6.45) is 1.42. The van der Waals surface area contributed by atoms with Crippen molar-refractivity contribution in [3.05, 3.63) is 30.3 Å². The van der Waals surface area contributed by atoms with Crippen molar-refractivity contribution in [2.24, 2.45) is 0 Å². The summed E-state index contributed by atoms with van der Waals surface area (Å²) in [7, 11) is -0.393. The van der Waals surface area contributed by atoms with E-state index in [-0.39, 0.29) is 0 Å². The quantitative estimate of drug-likeness (QED) is 0.672. The molecule has 0 aliphatic rings. The standard InChI is InChI=1S/C11H17OP/c1-4-13(12-10(2)3)11-8-6-5-7-9-11/h5-10H,4H2,1-3H3/t13-/m1/s1. The van der Waals surface area contributed by atoms with Gasteiger partial charge in [0.15, 0.2) is 0 Å². The SMILES string of the molecule is CC[P@@](OC(C)C)c1ccccc1. The Kier molecular flexibility index (Phi) is 4.41. The highest BCUT2D eigenvalue weighted by atomic mass is 31.1. The largest absolute Gasteiger partial charge is 0.352 e. The van der Waals surface area contributed by atoms with Crippen LogP contribution in [0.15, 0.2) is 30.3 Å². The Morgan fingerprint density at radius 3 is 2.31 bits per heavy atom. The van der Waals surface area contributed by atoms with Crippen LogP contribution in [0.5, 0.6) is 0 Å². The molecule has 2 heteroatoms. The van der Waals surface area contributed by atoms with E-state index in [0.717, 1.165) is 6.16 Å². The van der Waals surface area contributed by atoms with Gasteiger partial charge in [0.1, 0.15) is 0 Å². The van der Waals surface area contributed by atoms with Crippen molar-refractivity contribution < 1.29 is 4.52 Å². The fraction of sp³-hybridized carbons (Fsp3) is 0.455. The molecule has 0 fully saturated rings. The summed E-state index contributed by atoms with van der Waals surface area (Å²) >= 11 is 0. The molecule has 1 nitrogen and oxygen atoms in total. The molecular weight excluding hydrogens is 179 g/mol. The first-order chi connectivity index (χ1) is 6.24. The van der Waals surface area contributed by atoms with Gasteiger partial charge >= 0.3 is 0 Å². The Balaban J connectivity index is 2.67. The van der Waals surface area contributed by atoms with Gasteiger partial charge < -0.3 is 4.52 Å². The van der Waals surface area contributed by atoms with Gasteiger partial charge in [-0.15, -0.1) is 0 Å². The summed E-state index contributed by atoms with van der Waals surface area (Å²) in [6.45, 7) is 6.36. The first-order valence-electron chi connectivity index (χ1n) is 4.73. The van der Waals surface area contributed by atoms with Crippen LogP contribution >= 0.6 is 8.15 Å². The molecule has 1 atom stereocenters. The summed E-state index contributed by atoms with van der Waals surface area (Å²) < 4.78 is 5.85. The van der Waals surface area contributed by atoms with Gasteiger partial charge in [-0.3, -0.25) is 0 Å². The Morgan fingerprint density at radius 2 is 1.85 bits per heavy atom.